The highest BCUT2D eigenvalue weighted by atomic mass is 16.5. The third kappa shape index (κ3) is 5.47. The Morgan fingerprint density at radius 2 is 1.95 bits per heavy atom. The average molecular weight is 303 g/mol. The van der Waals surface area contributed by atoms with Crippen LogP contribution in [0.15, 0.2) is 36.4 Å². The van der Waals surface area contributed by atoms with Crippen LogP contribution in [0.5, 0.6) is 5.75 Å². The van der Waals surface area contributed by atoms with E-state index >= 15 is 0 Å². The van der Waals surface area contributed by atoms with E-state index < -0.39 is 6.10 Å². The Hall–Kier alpha value is -1.32. The summed E-state index contributed by atoms with van der Waals surface area (Å²) >= 11 is 0. The van der Waals surface area contributed by atoms with Crippen LogP contribution < -0.4 is 4.74 Å². The smallest absolute Gasteiger partial charge is 0.119 e. The number of nitrogens with zero attached hydrogens (tertiary/aromatic N) is 1. The van der Waals surface area contributed by atoms with Gasteiger partial charge in [-0.3, -0.25) is 0 Å². The quantitative estimate of drug-likeness (QED) is 0.778. The molecule has 1 unspecified atom stereocenters. The minimum absolute atomic E-state index is 0.394. The molecule has 1 atom stereocenters. The molecule has 1 aliphatic rings. The monoisotopic (exact) mass is 303 g/mol. The maximum absolute atomic E-state index is 10.3. The first-order valence-electron chi connectivity index (χ1n) is 8.32. The van der Waals surface area contributed by atoms with Crippen LogP contribution >= 0.6 is 0 Å². The van der Waals surface area contributed by atoms with Crippen LogP contribution in [-0.4, -0.2) is 36.2 Å². The number of aliphatic hydroxyl groups is 1. The zero-order valence-electron chi connectivity index (χ0n) is 13.9. The third-order valence-electron chi connectivity index (χ3n) is 4.35. The molecule has 0 amide bonds. The molecule has 3 heteroatoms. The van der Waals surface area contributed by atoms with E-state index in [1.165, 1.54) is 25.9 Å². The molecule has 1 heterocycles. The molecule has 0 saturated carbocycles. The zero-order valence-corrected chi connectivity index (χ0v) is 13.9. The lowest BCUT2D eigenvalue weighted by atomic mass is 9.98. The van der Waals surface area contributed by atoms with E-state index in [0.717, 1.165) is 35.8 Å². The first-order chi connectivity index (χ1) is 10.5. The minimum atomic E-state index is -0.394. The van der Waals surface area contributed by atoms with Gasteiger partial charge in [0.2, 0.25) is 0 Å². The Morgan fingerprint density at radius 3 is 2.55 bits per heavy atom. The van der Waals surface area contributed by atoms with Crippen LogP contribution in [0, 0.1) is 5.92 Å². The van der Waals surface area contributed by atoms with Crippen molar-refractivity contribution in [2.75, 3.05) is 26.2 Å². The second kappa shape index (κ2) is 8.35. The summed E-state index contributed by atoms with van der Waals surface area (Å²) in [6.07, 6.45) is 2.96. The van der Waals surface area contributed by atoms with Crippen LogP contribution in [0.4, 0.5) is 0 Å². The van der Waals surface area contributed by atoms with Gasteiger partial charge in [-0.25, -0.2) is 0 Å². The van der Waals surface area contributed by atoms with Crippen molar-refractivity contribution in [3.63, 3.8) is 0 Å². The summed E-state index contributed by atoms with van der Waals surface area (Å²) < 4.78 is 5.58. The molecule has 1 saturated heterocycles. The summed E-state index contributed by atoms with van der Waals surface area (Å²) in [6.45, 7) is 11.9. The standard InChI is InChI=1S/C19H29NO2/c1-15(2)14-22-18-6-4-17(5-7-18)19(21)10-13-20-11-8-16(3)9-12-20/h4-7,16,19,21H,1,8-14H2,2-3H3. The van der Waals surface area contributed by atoms with Gasteiger partial charge in [0.1, 0.15) is 12.4 Å². The molecule has 1 aliphatic heterocycles. The van der Waals surface area contributed by atoms with Crippen LogP contribution in [0.1, 0.15) is 44.8 Å². The highest BCUT2D eigenvalue weighted by Gasteiger charge is 2.17. The topological polar surface area (TPSA) is 32.7 Å². The molecule has 2 rings (SSSR count). The fourth-order valence-electron chi connectivity index (χ4n) is 2.75. The maximum Gasteiger partial charge on any atom is 0.119 e. The molecule has 1 N–H and O–H groups in total. The lowest BCUT2D eigenvalue weighted by molar-refractivity contribution is 0.125. The third-order valence-corrected chi connectivity index (χ3v) is 4.35. The van der Waals surface area contributed by atoms with E-state index in [9.17, 15) is 5.11 Å². The van der Waals surface area contributed by atoms with Gasteiger partial charge in [0.15, 0.2) is 0 Å². The van der Waals surface area contributed by atoms with Crippen molar-refractivity contribution in [1.82, 2.24) is 4.90 Å². The highest BCUT2D eigenvalue weighted by Crippen LogP contribution is 2.22. The highest BCUT2D eigenvalue weighted by molar-refractivity contribution is 5.28. The zero-order chi connectivity index (χ0) is 15.9. The van der Waals surface area contributed by atoms with E-state index in [4.69, 9.17) is 4.74 Å². The number of benzene rings is 1. The van der Waals surface area contributed by atoms with Crippen molar-refractivity contribution in [1.29, 1.82) is 0 Å². The second-order valence-electron chi connectivity index (χ2n) is 6.64. The van der Waals surface area contributed by atoms with Crippen LogP contribution in [0.3, 0.4) is 0 Å². The van der Waals surface area contributed by atoms with Gasteiger partial charge in [0.05, 0.1) is 6.10 Å². The van der Waals surface area contributed by atoms with Gasteiger partial charge in [-0.2, -0.15) is 0 Å². The lowest BCUT2D eigenvalue weighted by Crippen LogP contribution is -2.34. The molecule has 1 aromatic carbocycles. The van der Waals surface area contributed by atoms with Crippen molar-refractivity contribution in [2.24, 2.45) is 5.92 Å². The molecule has 0 aliphatic carbocycles. The minimum Gasteiger partial charge on any atom is -0.489 e. The molecule has 0 aromatic heterocycles. The molecule has 1 fully saturated rings. The normalized spacial score (nSPS) is 18.1. The van der Waals surface area contributed by atoms with Gasteiger partial charge in [-0.15, -0.1) is 0 Å². The molecule has 22 heavy (non-hydrogen) atoms. The number of piperidine rings is 1. The number of hydrogen-bond donors (Lipinski definition) is 1. The maximum atomic E-state index is 10.3. The molecule has 1 aromatic rings. The summed E-state index contributed by atoms with van der Waals surface area (Å²) in [6, 6.07) is 7.75. The fraction of sp³-hybridized carbons (Fsp3) is 0.579. The SMILES string of the molecule is C=C(C)COc1ccc(C(O)CCN2CCC(C)CC2)cc1. The Kier molecular flexibility index (Phi) is 6.47. The van der Waals surface area contributed by atoms with E-state index in [1.54, 1.807) is 0 Å². The first kappa shape index (κ1) is 17.0. The molecule has 122 valence electrons. The summed E-state index contributed by atoms with van der Waals surface area (Å²) in [5.41, 5.74) is 1.97. The van der Waals surface area contributed by atoms with Crippen molar-refractivity contribution in [3.05, 3.63) is 42.0 Å². The predicted octanol–water partition coefficient (Wildman–Crippen LogP) is 3.80. The summed E-state index contributed by atoms with van der Waals surface area (Å²) in [5.74, 6) is 1.68. The average Bonchev–Trinajstić information content (AvgIpc) is 2.52. The van der Waals surface area contributed by atoms with E-state index in [0.29, 0.717) is 6.61 Å². The Labute approximate surface area is 134 Å². The van der Waals surface area contributed by atoms with E-state index in [2.05, 4.69) is 18.4 Å². The Balaban J connectivity index is 1.77. The molecule has 0 spiro atoms. The van der Waals surface area contributed by atoms with Crippen LogP contribution in [0.25, 0.3) is 0 Å². The van der Waals surface area contributed by atoms with Gasteiger partial charge < -0.3 is 14.7 Å². The van der Waals surface area contributed by atoms with Crippen molar-refractivity contribution >= 4 is 0 Å². The van der Waals surface area contributed by atoms with Crippen LogP contribution in [0.2, 0.25) is 0 Å². The van der Waals surface area contributed by atoms with Gasteiger partial charge in [0.25, 0.3) is 0 Å². The first-order valence-corrected chi connectivity index (χ1v) is 8.32. The fourth-order valence-corrected chi connectivity index (χ4v) is 2.75. The molecule has 3 nitrogen and oxygen atoms in total. The Bertz CT molecular complexity index is 461. The van der Waals surface area contributed by atoms with Crippen molar-refractivity contribution < 1.29 is 9.84 Å². The van der Waals surface area contributed by atoms with Gasteiger partial charge >= 0.3 is 0 Å². The summed E-state index contributed by atoms with van der Waals surface area (Å²) in [4.78, 5) is 2.47. The van der Waals surface area contributed by atoms with Crippen molar-refractivity contribution in [2.45, 2.75) is 39.2 Å². The Morgan fingerprint density at radius 1 is 1.32 bits per heavy atom. The van der Waals surface area contributed by atoms with Crippen molar-refractivity contribution in [3.8, 4) is 5.75 Å². The number of aliphatic hydroxyl groups excluding tert-OH is 1. The number of hydrogen-bond acceptors (Lipinski definition) is 3. The number of ether oxygens (including phenoxy) is 1. The summed E-state index contributed by atoms with van der Waals surface area (Å²) in [7, 11) is 0. The number of likely N-dealkylation sites (tertiary alicyclic amines) is 1. The largest absolute Gasteiger partial charge is 0.489 e. The van der Waals surface area contributed by atoms with Gasteiger partial charge in [-0.05, 0) is 68.5 Å². The summed E-state index contributed by atoms with van der Waals surface area (Å²) in [5, 5.41) is 10.3. The van der Waals surface area contributed by atoms with Gasteiger partial charge in [-0.1, -0.05) is 25.6 Å². The molecule has 0 bridgehead atoms. The lowest BCUT2D eigenvalue weighted by Gasteiger charge is -2.30. The molecule has 0 radical (unpaired) electrons. The predicted molar refractivity (Wildman–Crippen MR) is 91.2 cm³/mol. The molecular weight excluding hydrogens is 274 g/mol. The number of rotatable bonds is 7. The van der Waals surface area contributed by atoms with Gasteiger partial charge in [0, 0.05) is 6.54 Å². The molecular formula is C19H29NO2. The van der Waals surface area contributed by atoms with E-state index in [1.807, 2.05) is 31.2 Å². The van der Waals surface area contributed by atoms with Crippen LogP contribution in [-0.2, 0) is 0 Å². The second-order valence-corrected chi connectivity index (χ2v) is 6.64. The van der Waals surface area contributed by atoms with E-state index in [-0.39, 0.29) is 0 Å².